The Labute approximate surface area is 130 Å². The van der Waals surface area contributed by atoms with Crippen molar-refractivity contribution in [3.05, 3.63) is 50.4 Å². The molecule has 2 rings (SSSR count). The Morgan fingerprint density at radius 1 is 1.41 bits per heavy atom. The van der Waals surface area contributed by atoms with Crippen molar-refractivity contribution in [3.8, 4) is 0 Å². The van der Waals surface area contributed by atoms with Gasteiger partial charge in [-0.25, -0.2) is 5.43 Å². The fourth-order valence-electron chi connectivity index (χ4n) is 1.77. The van der Waals surface area contributed by atoms with E-state index in [0.717, 1.165) is 19.3 Å². The number of rotatable bonds is 8. The van der Waals surface area contributed by atoms with Gasteiger partial charge in [0.2, 0.25) is 5.91 Å². The quantitative estimate of drug-likeness (QED) is 0.349. The smallest absolute Gasteiger partial charge is 0.400 e. The summed E-state index contributed by atoms with van der Waals surface area (Å²) in [5, 5.41) is 16.2. The zero-order valence-corrected chi connectivity index (χ0v) is 12.5. The predicted octanol–water partition coefficient (Wildman–Crippen LogP) is 3.11. The van der Waals surface area contributed by atoms with E-state index in [1.165, 1.54) is 23.2 Å². The molecule has 1 amide bonds. The molecule has 116 valence electrons. The largest absolute Gasteiger partial charge is 0.433 e. The molecular weight excluding hydrogens is 306 g/mol. The van der Waals surface area contributed by atoms with Gasteiger partial charge in [0.25, 0.3) is 0 Å². The number of nitrogens with zero attached hydrogens (tertiary/aromatic N) is 2. The fraction of sp³-hybridized carbons (Fsp3) is 0.286. The highest BCUT2D eigenvalue weighted by atomic mass is 32.1. The Morgan fingerprint density at radius 2 is 2.27 bits per heavy atom. The van der Waals surface area contributed by atoms with Crippen molar-refractivity contribution in [2.75, 3.05) is 0 Å². The van der Waals surface area contributed by atoms with Crippen LogP contribution < -0.4 is 5.43 Å². The number of nitrogens with one attached hydrogen (secondary N) is 1. The molecule has 2 aromatic rings. The summed E-state index contributed by atoms with van der Waals surface area (Å²) in [5.74, 6) is -0.338. The highest BCUT2D eigenvalue weighted by molar-refractivity contribution is 7.09. The van der Waals surface area contributed by atoms with E-state index in [1.807, 2.05) is 11.4 Å². The molecule has 0 bridgehead atoms. The highest BCUT2D eigenvalue weighted by Crippen LogP contribution is 2.14. The summed E-state index contributed by atoms with van der Waals surface area (Å²) >= 11 is 1.71. The number of aryl methyl sites for hydroxylation is 1. The zero-order valence-electron chi connectivity index (χ0n) is 11.7. The van der Waals surface area contributed by atoms with Crippen molar-refractivity contribution in [2.24, 2.45) is 5.10 Å². The second-order valence-corrected chi connectivity index (χ2v) is 5.55. The zero-order chi connectivity index (χ0) is 15.8. The van der Waals surface area contributed by atoms with Crippen LogP contribution in [0.4, 0.5) is 5.88 Å². The number of thiophene rings is 1. The molecule has 0 radical (unpaired) electrons. The third kappa shape index (κ3) is 5.13. The summed E-state index contributed by atoms with van der Waals surface area (Å²) in [4.78, 5) is 22.7. The van der Waals surface area contributed by atoms with E-state index >= 15 is 0 Å². The molecule has 0 unspecified atom stereocenters. The normalized spacial score (nSPS) is 10.9. The number of amides is 1. The van der Waals surface area contributed by atoms with Crippen LogP contribution in [0.3, 0.4) is 0 Å². The Hall–Kier alpha value is -2.48. The van der Waals surface area contributed by atoms with Gasteiger partial charge in [-0.3, -0.25) is 14.9 Å². The van der Waals surface area contributed by atoms with Crippen LogP contribution in [0.1, 0.15) is 29.9 Å². The van der Waals surface area contributed by atoms with Crippen LogP contribution in [-0.2, 0) is 11.2 Å². The molecule has 0 spiro atoms. The summed E-state index contributed by atoms with van der Waals surface area (Å²) in [6.07, 6.45) is 4.33. The van der Waals surface area contributed by atoms with Gasteiger partial charge in [0.1, 0.15) is 4.92 Å². The molecule has 0 saturated carbocycles. The Kier molecular flexibility index (Phi) is 5.84. The predicted molar refractivity (Wildman–Crippen MR) is 83.0 cm³/mol. The number of hydrogen-bond acceptors (Lipinski definition) is 6. The van der Waals surface area contributed by atoms with Gasteiger partial charge in [-0.1, -0.05) is 6.07 Å². The summed E-state index contributed by atoms with van der Waals surface area (Å²) in [6.45, 7) is 0. The lowest BCUT2D eigenvalue weighted by Gasteiger charge is -1.99. The maximum atomic E-state index is 11.5. The molecule has 2 heterocycles. The number of hydrazone groups is 1. The van der Waals surface area contributed by atoms with Crippen LogP contribution in [0.2, 0.25) is 0 Å². The molecule has 0 atom stereocenters. The lowest BCUT2D eigenvalue weighted by Crippen LogP contribution is -2.16. The number of hydrogen-bond donors (Lipinski definition) is 1. The highest BCUT2D eigenvalue weighted by Gasteiger charge is 2.10. The van der Waals surface area contributed by atoms with E-state index in [9.17, 15) is 14.9 Å². The van der Waals surface area contributed by atoms with Gasteiger partial charge in [0, 0.05) is 11.3 Å². The average molecular weight is 321 g/mol. The van der Waals surface area contributed by atoms with Crippen LogP contribution in [0, 0.1) is 10.1 Å². The maximum Gasteiger partial charge on any atom is 0.433 e. The van der Waals surface area contributed by atoms with Crippen molar-refractivity contribution < 1.29 is 14.1 Å². The van der Waals surface area contributed by atoms with Crippen molar-refractivity contribution in [1.82, 2.24) is 5.43 Å². The van der Waals surface area contributed by atoms with Gasteiger partial charge >= 0.3 is 5.88 Å². The van der Waals surface area contributed by atoms with Gasteiger partial charge in [-0.05, 0) is 36.8 Å². The van der Waals surface area contributed by atoms with Gasteiger partial charge in [0.15, 0.2) is 5.76 Å². The second kappa shape index (κ2) is 8.08. The van der Waals surface area contributed by atoms with Gasteiger partial charge in [-0.15, -0.1) is 11.3 Å². The minimum Gasteiger partial charge on any atom is -0.400 e. The van der Waals surface area contributed by atoms with Crippen LogP contribution in [-0.4, -0.2) is 17.0 Å². The first kappa shape index (κ1) is 15.9. The number of carbonyl (C=O) groups excluding carboxylic acids is 1. The average Bonchev–Trinajstić information content (AvgIpc) is 3.15. The monoisotopic (exact) mass is 321 g/mol. The minimum atomic E-state index is -0.635. The van der Waals surface area contributed by atoms with E-state index in [-0.39, 0.29) is 17.6 Å². The summed E-state index contributed by atoms with van der Waals surface area (Å²) < 4.78 is 4.87. The van der Waals surface area contributed by atoms with E-state index in [4.69, 9.17) is 4.42 Å². The molecule has 0 aromatic carbocycles. The summed E-state index contributed by atoms with van der Waals surface area (Å²) in [7, 11) is 0. The van der Waals surface area contributed by atoms with Crippen molar-refractivity contribution in [3.63, 3.8) is 0 Å². The first-order chi connectivity index (χ1) is 10.6. The van der Waals surface area contributed by atoms with Crippen molar-refractivity contribution in [2.45, 2.75) is 25.7 Å². The maximum absolute atomic E-state index is 11.5. The first-order valence-corrected chi connectivity index (χ1v) is 7.61. The molecule has 2 aromatic heterocycles. The molecule has 1 N–H and O–H groups in total. The number of nitro groups is 1. The van der Waals surface area contributed by atoms with Crippen molar-refractivity contribution >= 4 is 29.3 Å². The number of furan rings is 1. The van der Waals surface area contributed by atoms with E-state index in [1.54, 1.807) is 11.3 Å². The molecule has 0 aliphatic rings. The molecule has 0 aliphatic carbocycles. The van der Waals surface area contributed by atoms with Gasteiger partial charge in [0.05, 0.1) is 12.3 Å². The van der Waals surface area contributed by atoms with Crippen LogP contribution in [0.25, 0.3) is 0 Å². The first-order valence-electron chi connectivity index (χ1n) is 6.73. The van der Waals surface area contributed by atoms with Crippen molar-refractivity contribution in [1.29, 1.82) is 0 Å². The molecular formula is C14H15N3O4S. The summed E-state index contributed by atoms with van der Waals surface area (Å²) in [6, 6.07) is 6.74. The fourth-order valence-corrected chi connectivity index (χ4v) is 2.52. The van der Waals surface area contributed by atoms with Crippen LogP contribution in [0.15, 0.2) is 39.2 Å². The molecule has 0 fully saturated rings. The third-order valence-corrected chi connectivity index (χ3v) is 3.77. The Morgan fingerprint density at radius 3 is 2.95 bits per heavy atom. The summed E-state index contributed by atoms with van der Waals surface area (Å²) in [5.41, 5.74) is 2.37. The molecule has 8 heteroatoms. The second-order valence-electron chi connectivity index (χ2n) is 4.51. The molecule has 0 saturated heterocycles. The molecule has 22 heavy (non-hydrogen) atoms. The van der Waals surface area contributed by atoms with Crippen LogP contribution >= 0.6 is 11.3 Å². The Balaban J connectivity index is 1.64. The third-order valence-electron chi connectivity index (χ3n) is 2.83. The minimum absolute atomic E-state index is 0.191. The van der Waals surface area contributed by atoms with Gasteiger partial charge in [-0.2, -0.15) is 5.10 Å². The van der Waals surface area contributed by atoms with Crippen LogP contribution in [0.5, 0.6) is 0 Å². The molecule has 0 aliphatic heterocycles. The SMILES string of the molecule is O=C(CCCCc1cccs1)N/N=C/c1ccc([N+](=O)[O-])o1. The topological polar surface area (TPSA) is 97.7 Å². The van der Waals surface area contributed by atoms with Gasteiger partial charge < -0.3 is 4.42 Å². The standard InChI is InChI=1S/C14H15N3O4S/c18-13(6-2-1-4-12-5-3-9-22-12)16-15-10-11-7-8-14(21-11)17(19)20/h3,5,7-10H,1-2,4,6H2,(H,16,18)/b15-10+. The lowest BCUT2D eigenvalue weighted by atomic mass is 10.2. The number of carbonyl (C=O) groups is 1. The van der Waals surface area contributed by atoms with E-state index in [0.29, 0.717) is 6.42 Å². The van der Waals surface area contributed by atoms with E-state index < -0.39 is 4.92 Å². The molecule has 7 nitrogen and oxygen atoms in total. The lowest BCUT2D eigenvalue weighted by molar-refractivity contribution is -0.402. The van der Waals surface area contributed by atoms with E-state index in [2.05, 4.69) is 16.6 Å². The number of unbranched alkanes of at least 4 members (excludes halogenated alkanes) is 1. The Bertz CT molecular complexity index is 649.